The highest BCUT2D eigenvalue weighted by atomic mass is 19.4. The lowest BCUT2D eigenvalue weighted by Crippen LogP contribution is -2.31. The Bertz CT molecular complexity index is 734. The van der Waals surface area contributed by atoms with Crippen LogP contribution in [0.2, 0.25) is 0 Å². The molecule has 9 heteroatoms. The summed E-state index contributed by atoms with van der Waals surface area (Å²) >= 11 is 0. The molecule has 2 amide bonds. The van der Waals surface area contributed by atoms with Gasteiger partial charge in [-0.3, -0.25) is 9.78 Å². The Labute approximate surface area is 135 Å². The van der Waals surface area contributed by atoms with Crippen LogP contribution in [-0.2, 0) is 9.53 Å². The molecule has 0 spiro atoms. The first-order valence-corrected chi connectivity index (χ1v) is 6.95. The molecule has 2 rings (SSSR count). The summed E-state index contributed by atoms with van der Waals surface area (Å²) in [6.45, 7) is -1.82. The average Bonchev–Trinajstić information content (AvgIpc) is 2.52. The number of carbonyl (C=O) groups is 2. The fourth-order valence-electron chi connectivity index (χ4n) is 1.84. The van der Waals surface area contributed by atoms with E-state index in [0.29, 0.717) is 5.69 Å². The van der Waals surface area contributed by atoms with Crippen molar-refractivity contribution in [2.75, 3.05) is 18.5 Å². The number of rotatable bonds is 5. The number of nitrogens with one attached hydrogen (secondary N) is 2. The molecule has 0 bridgehead atoms. The zero-order valence-electron chi connectivity index (χ0n) is 12.4. The minimum atomic E-state index is -4.59. The van der Waals surface area contributed by atoms with Crippen molar-refractivity contribution in [1.82, 2.24) is 10.3 Å². The summed E-state index contributed by atoms with van der Waals surface area (Å²) in [5.41, 5.74) is 1.27. The number of anilines is 1. The standard InChI is InChI=1S/C15H14F3N3O3/c16-15(17,18)9-24-14(23)19-6-5-13(22)21-11-7-10-3-1-2-4-12(10)20-8-11/h1-4,7-8H,5-6,9H2,(H,19,23)(H,21,22). The first-order valence-electron chi connectivity index (χ1n) is 6.95. The van der Waals surface area contributed by atoms with Gasteiger partial charge in [-0.05, 0) is 12.1 Å². The maximum atomic E-state index is 11.8. The third-order valence-corrected chi connectivity index (χ3v) is 2.86. The molecule has 1 heterocycles. The number of amides is 2. The molecule has 0 saturated heterocycles. The molecule has 6 nitrogen and oxygen atoms in total. The maximum Gasteiger partial charge on any atom is 0.422 e. The number of fused-ring (bicyclic) bond motifs is 1. The Morgan fingerprint density at radius 1 is 1.21 bits per heavy atom. The lowest BCUT2D eigenvalue weighted by molar-refractivity contribution is -0.160. The van der Waals surface area contributed by atoms with E-state index in [1.165, 1.54) is 6.20 Å². The van der Waals surface area contributed by atoms with Crippen molar-refractivity contribution in [3.63, 3.8) is 0 Å². The molecule has 128 valence electrons. The molecule has 1 aromatic heterocycles. The third-order valence-electron chi connectivity index (χ3n) is 2.86. The number of benzene rings is 1. The molecule has 1 aromatic carbocycles. The number of carbonyl (C=O) groups excluding carboxylic acids is 2. The van der Waals surface area contributed by atoms with Gasteiger partial charge in [0.25, 0.3) is 0 Å². The number of nitrogens with zero attached hydrogens (tertiary/aromatic N) is 1. The fourth-order valence-corrected chi connectivity index (χ4v) is 1.84. The summed E-state index contributed by atoms with van der Waals surface area (Å²) in [6, 6.07) is 9.10. The highest BCUT2D eigenvalue weighted by Gasteiger charge is 2.29. The lowest BCUT2D eigenvalue weighted by Gasteiger charge is -2.09. The van der Waals surface area contributed by atoms with Gasteiger partial charge in [0.2, 0.25) is 5.91 Å². The summed E-state index contributed by atoms with van der Waals surface area (Å²) < 4.78 is 39.5. The van der Waals surface area contributed by atoms with E-state index in [2.05, 4.69) is 20.4 Å². The third kappa shape index (κ3) is 5.75. The van der Waals surface area contributed by atoms with Gasteiger partial charge in [0.05, 0.1) is 17.4 Å². The monoisotopic (exact) mass is 341 g/mol. The zero-order chi connectivity index (χ0) is 17.6. The molecular weight excluding hydrogens is 327 g/mol. The van der Waals surface area contributed by atoms with Crippen LogP contribution in [0.25, 0.3) is 10.9 Å². The highest BCUT2D eigenvalue weighted by molar-refractivity contribution is 5.93. The van der Waals surface area contributed by atoms with E-state index >= 15 is 0 Å². The Kier molecular flexibility index (Phi) is 5.56. The number of para-hydroxylation sites is 1. The van der Waals surface area contributed by atoms with E-state index in [4.69, 9.17) is 0 Å². The Morgan fingerprint density at radius 3 is 2.71 bits per heavy atom. The van der Waals surface area contributed by atoms with Crippen LogP contribution in [0.5, 0.6) is 0 Å². The van der Waals surface area contributed by atoms with E-state index in [9.17, 15) is 22.8 Å². The van der Waals surface area contributed by atoms with Gasteiger partial charge in [-0.25, -0.2) is 4.79 Å². The molecule has 2 N–H and O–H groups in total. The number of pyridine rings is 1. The number of halogens is 3. The van der Waals surface area contributed by atoms with E-state index in [0.717, 1.165) is 10.9 Å². The second kappa shape index (κ2) is 7.62. The number of hydrogen-bond donors (Lipinski definition) is 2. The highest BCUT2D eigenvalue weighted by Crippen LogP contribution is 2.16. The molecule has 0 aliphatic carbocycles. The number of hydrogen-bond acceptors (Lipinski definition) is 4. The molecule has 0 unspecified atom stereocenters. The second-order valence-corrected chi connectivity index (χ2v) is 4.83. The SMILES string of the molecule is O=C(CCNC(=O)OCC(F)(F)F)Nc1cnc2ccccc2c1. The summed E-state index contributed by atoms with van der Waals surface area (Å²) in [4.78, 5) is 26.9. The fraction of sp³-hybridized carbons (Fsp3) is 0.267. The molecule has 24 heavy (non-hydrogen) atoms. The predicted molar refractivity (Wildman–Crippen MR) is 80.4 cm³/mol. The van der Waals surface area contributed by atoms with Crippen LogP contribution in [0.1, 0.15) is 6.42 Å². The minimum absolute atomic E-state index is 0.117. The van der Waals surface area contributed by atoms with Crippen LogP contribution >= 0.6 is 0 Å². The van der Waals surface area contributed by atoms with Gasteiger partial charge in [0, 0.05) is 18.4 Å². The van der Waals surface area contributed by atoms with Crippen LogP contribution in [0.4, 0.5) is 23.7 Å². The number of alkyl carbamates (subject to hydrolysis) is 1. The van der Waals surface area contributed by atoms with Crippen LogP contribution < -0.4 is 10.6 Å². The molecule has 0 radical (unpaired) electrons. The Hall–Kier alpha value is -2.84. The lowest BCUT2D eigenvalue weighted by atomic mass is 10.2. The minimum Gasteiger partial charge on any atom is -0.440 e. The summed E-state index contributed by atoms with van der Waals surface area (Å²) in [5.74, 6) is -0.414. The van der Waals surface area contributed by atoms with Crippen molar-refractivity contribution in [2.24, 2.45) is 0 Å². The van der Waals surface area contributed by atoms with Gasteiger partial charge in [0.15, 0.2) is 6.61 Å². The van der Waals surface area contributed by atoms with Gasteiger partial charge in [0.1, 0.15) is 0 Å². The van der Waals surface area contributed by atoms with Gasteiger partial charge in [-0.15, -0.1) is 0 Å². The maximum absolute atomic E-state index is 11.8. The molecule has 2 aromatic rings. The normalized spacial score (nSPS) is 11.1. The average molecular weight is 341 g/mol. The van der Waals surface area contributed by atoms with Crippen LogP contribution in [0.15, 0.2) is 36.5 Å². The molecule has 0 aliphatic heterocycles. The quantitative estimate of drug-likeness (QED) is 0.876. The molecule has 0 fully saturated rings. The molecule has 0 atom stereocenters. The summed E-state index contributed by atoms with van der Waals surface area (Å²) in [6.07, 6.45) is -4.44. The molecule has 0 saturated carbocycles. The molecule has 0 aliphatic rings. The van der Waals surface area contributed by atoms with E-state index < -0.39 is 24.8 Å². The number of aromatic nitrogens is 1. The van der Waals surface area contributed by atoms with Crippen molar-refractivity contribution in [3.8, 4) is 0 Å². The van der Waals surface area contributed by atoms with Crippen molar-refractivity contribution in [1.29, 1.82) is 0 Å². The smallest absolute Gasteiger partial charge is 0.422 e. The van der Waals surface area contributed by atoms with Crippen molar-refractivity contribution in [3.05, 3.63) is 36.5 Å². The molecular formula is C15H14F3N3O3. The number of alkyl halides is 3. The van der Waals surface area contributed by atoms with E-state index in [1.54, 1.807) is 6.07 Å². The number of ether oxygens (including phenoxy) is 1. The van der Waals surface area contributed by atoms with Crippen molar-refractivity contribution in [2.45, 2.75) is 12.6 Å². The topological polar surface area (TPSA) is 80.3 Å². The summed E-state index contributed by atoms with van der Waals surface area (Å²) in [5, 5.41) is 5.51. The first kappa shape index (κ1) is 17.5. The largest absolute Gasteiger partial charge is 0.440 e. The van der Waals surface area contributed by atoms with Crippen molar-refractivity contribution < 1.29 is 27.5 Å². The van der Waals surface area contributed by atoms with Gasteiger partial charge in [-0.1, -0.05) is 18.2 Å². The van der Waals surface area contributed by atoms with Crippen LogP contribution in [0.3, 0.4) is 0 Å². The van der Waals surface area contributed by atoms with Gasteiger partial charge >= 0.3 is 12.3 Å². The van der Waals surface area contributed by atoms with Gasteiger partial charge in [-0.2, -0.15) is 13.2 Å². The van der Waals surface area contributed by atoms with E-state index in [-0.39, 0.29) is 13.0 Å². The summed E-state index contributed by atoms with van der Waals surface area (Å²) in [7, 11) is 0. The van der Waals surface area contributed by atoms with Crippen LogP contribution in [0, 0.1) is 0 Å². The van der Waals surface area contributed by atoms with Crippen molar-refractivity contribution >= 4 is 28.6 Å². The predicted octanol–water partition coefficient (Wildman–Crippen LogP) is 2.85. The van der Waals surface area contributed by atoms with E-state index in [1.807, 2.05) is 24.3 Å². The zero-order valence-corrected chi connectivity index (χ0v) is 12.4. The Morgan fingerprint density at radius 2 is 1.96 bits per heavy atom. The second-order valence-electron chi connectivity index (χ2n) is 4.83. The van der Waals surface area contributed by atoms with Gasteiger partial charge < -0.3 is 15.4 Å². The Balaban J connectivity index is 1.75. The van der Waals surface area contributed by atoms with Crippen LogP contribution in [-0.4, -0.2) is 36.3 Å². The first-order chi connectivity index (χ1) is 11.3.